The molecule has 8 nitrogen and oxygen atoms in total. The zero-order valence-electron chi connectivity index (χ0n) is 14.9. The second kappa shape index (κ2) is 9.14. The van der Waals surface area contributed by atoms with E-state index in [1.165, 1.54) is 26.1 Å². The Kier molecular flexibility index (Phi) is 6.65. The predicted molar refractivity (Wildman–Crippen MR) is 99.5 cm³/mol. The number of hydrogen-bond acceptors (Lipinski definition) is 5. The number of rotatable bonds is 6. The lowest BCUT2D eigenvalue weighted by Gasteiger charge is -2.08. The molecule has 0 heterocycles. The molecule has 0 aromatic heterocycles. The third kappa shape index (κ3) is 5.96. The normalized spacial score (nSPS) is 9.85. The molecule has 0 aliphatic carbocycles. The molecular weight excluding hydrogens is 350 g/mol. The Balaban J connectivity index is 1.84. The van der Waals surface area contributed by atoms with Gasteiger partial charge in [0.05, 0.1) is 5.56 Å². The summed E-state index contributed by atoms with van der Waals surface area (Å²) in [6.07, 6.45) is 0. The summed E-state index contributed by atoms with van der Waals surface area (Å²) in [6, 6.07) is 12.4. The zero-order valence-corrected chi connectivity index (χ0v) is 14.9. The van der Waals surface area contributed by atoms with Crippen molar-refractivity contribution in [3.8, 4) is 0 Å². The molecule has 2 aromatic rings. The molecule has 0 bridgehead atoms. The lowest BCUT2D eigenvalue weighted by molar-refractivity contribution is -0.119. The first-order chi connectivity index (χ1) is 12.9. The maximum Gasteiger partial charge on any atom is 0.338 e. The smallest absolute Gasteiger partial charge is 0.338 e. The van der Waals surface area contributed by atoms with Crippen LogP contribution >= 0.6 is 0 Å². The van der Waals surface area contributed by atoms with Crippen LogP contribution in [0.5, 0.6) is 0 Å². The van der Waals surface area contributed by atoms with E-state index in [0.29, 0.717) is 16.9 Å². The van der Waals surface area contributed by atoms with Crippen LogP contribution in [0.2, 0.25) is 0 Å². The van der Waals surface area contributed by atoms with Gasteiger partial charge in [-0.05, 0) is 48.5 Å². The van der Waals surface area contributed by atoms with Crippen LogP contribution < -0.4 is 16.0 Å². The molecule has 0 radical (unpaired) electrons. The Bertz CT molecular complexity index is 845. The van der Waals surface area contributed by atoms with Crippen LogP contribution in [0, 0.1) is 0 Å². The molecule has 0 saturated heterocycles. The van der Waals surface area contributed by atoms with E-state index >= 15 is 0 Å². The molecular formula is C19H19N3O5. The van der Waals surface area contributed by atoms with Gasteiger partial charge in [0.25, 0.3) is 11.8 Å². The number of amides is 3. The van der Waals surface area contributed by atoms with E-state index < -0.39 is 18.5 Å². The number of esters is 1. The Morgan fingerprint density at radius 2 is 1.33 bits per heavy atom. The quantitative estimate of drug-likeness (QED) is 0.672. The van der Waals surface area contributed by atoms with Gasteiger partial charge in [0, 0.05) is 30.9 Å². The van der Waals surface area contributed by atoms with E-state index in [1.54, 1.807) is 36.4 Å². The van der Waals surface area contributed by atoms with Gasteiger partial charge >= 0.3 is 5.97 Å². The Morgan fingerprint density at radius 1 is 0.815 bits per heavy atom. The molecule has 2 rings (SSSR count). The number of benzene rings is 2. The van der Waals surface area contributed by atoms with Crippen molar-refractivity contribution in [1.29, 1.82) is 0 Å². The molecule has 0 spiro atoms. The van der Waals surface area contributed by atoms with Crippen LogP contribution in [0.25, 0.3) is 0 Å². The molecule has 0 unspecified atom stereocenters. The Hall–Kier alpha value is -3.68. The van der Waals surface area contributed by atoms with Gasteiger partial charge in [-0.15, -0.1) is 0 Å². The van der Waals surface area contributed by atoms with E-state index in [-0.39, 0.29) is 17.4 Å². The van der Waals surface area contributed by atoms with Gasteiger partial charge in [-0.2, -0.15) is 0 Å². The Labute approximate surface area is 155 Å². The number of carbonyl (C=O) groups excluding carboxylic acids is 4. The molecule has 27 heavy (non-hydrogen) atoms. The van der Waals surface area contributed by atoms with E-state index in [9.17, 15) is 19.2 Å². The van der Waals surface area contributed by atoms with Gasteiger partial charge in [-0.3, -0.25) is 14.4 Å². The summed E-state index contributed by atoms with van der Waals surface area (Å²) in [5.74, 6) is -1.61. The van der Waals surface area contributed by atoms with Crippen molar-refractivity contribution in [1.82, 2.24) is 5.32 Å². The summed E-state index contributed by atoms with van der Waals surface area (Å²) in [4.78, 5) is 46.3. The highest BCUT2D eigenvalue weighted by Crippen LogP contribution is 2.11. The van der Waals surface area contributed by atoms with Crippen molar-refractivity contribution in [2.75, 3.05) is 24.3 Å². The van der Waals surface area contributed by atoms with Gasteiger partial charge in [0.1, 0.15) is 0 Å². The highest BCUT2D eigenvalue weighted by atomic mass is 16.5. The highest BCUT2D eigenvalue weighted by Gasteiger charge is 2.11. The first-order valence-electron chi connectivity index (χ1n) is 8.06. The fraction of sp³-hybridized carbons (Fsp3) is 0.158. The first-order valence-corrected chi connectivity index (χ1v) is 8.06. The molecule has 0 atom stereocenters. The third-order valence-electron chi connectivity index (χ3n) is 3.43. The van der Waals surface area contributed by atoms with Gasteiger partial charge in [-0.1, -0.05) is 0 Å². The average molecular weight is 369 g/mol. The van der Waals surface area contributed by atoms with E-state index in [1.807, 2.05) is 0 Å². The van der Waals surface area contributed by atoms with Crippen LogP contribution in [-0.4, -0.2) is 37.3 Å². The summed E-state index contributed by atoms with van der Waals surface area (Å²) in [5.41, 5.74) is 1.75. The second-order valence-corrected chi connectivity index (χ2v) is 5.54. The number of hydrogen-bond donors (Lipinski definition) is 3. The summed E-state index contributed by atoms with van der Waals surface area (Å²) in [7, 11) is 1.53. The summed E-state index contributed by atoms with van der Waals surface area (Å²) in [6.45, 7) is 0.927. The van der Waals surface area contributed by atoms with Crippen molar-refractivity contribution in [3.05, 3.63) is 59.7 Å². The van der Waals surface area contributed by atoms with Crippen LogP contribution in [0.15, 0.2) is 48.5 Å². The molecule has 3 amide bonds. The van der Waals surface area contributed by atoms with E-state index in [4.69, 9.17) is 4.74 Å². The maximum atomic E-state index is 12.0. The molecule has 3 N–H and O–H groups in total. The van der Waals surface area contributed by atoms with Gasteiger partial charge in [0.15, 0.2) is 6.61 Å². The second-order valence-electron chi connectivity index (χ2n) is 5.54. The van der Waals surface area contributed by atoms with Crippen LogP contribution in [0.4, 0.5) is 11.4 Å². The summed E-state index contributed by atoms with van der Waals surface area (Å²) < 4.78 is 4.96. The highest BCUT2D eigenvalue weighted by molar-refractivity contribution is 5.97. The minimum atomic E-state index is -0.658. The van der Waals surface area contributed by atoms with E-state index in [0.717, 1.165) is 0 Å². The van der Waals surface area contributed by atoms with Gasteiger partial charge in [0.2, 0.25) is 5.91 Å². The van der Waals surface area contributed by atoms with Crippen LogP contribution in [0.3, 0.4) is 0 Å². The molecule has 8 heteroatoms. The van der Waals surface area contributed by atoms with Gasteiger partial charge in [-0.25, -0.2) is 4.79 Å². The topological polar surface area (TPSA) is 114 Å². The lowest BCUT2D eigenvalue weighted by atomic mass is 10.2. The monoisotopic (exact) mass is 369 g/mol. The number of nitrogens with one attached hydrogen (secondary N) is 3. The summed E-state index contributed by atoms with van der Waals surface area (Å²) in [5, 5.41) is 7.65. The van der Waals surface area contributed by atoms with Crippen molar-refractivity contribution in [2.45, 2.75) is 6.92 Å². The standard InChI is InChI=1S/C19H19N3O5/c1-12(23)21-15-9-5-14(6-10-15)19(26)27-11-17(24)22-16-7-3-13(4-8-16)18(25)20-2/h3-10H,11H2,1-2H3,(H,20,25)(H,21,23)(H,22,24). The average Bonchev–Trinajstić information content (AvgIpc) is 2.66. The lowest BCUT2D eigenvalue weighted by Crippen LogP contribution is -2.21. The van der Waals surface area contributed by atoms with Crippen molar-refractivity contribution < 1.29 is 23.9 Å². The Morgan fingerprint density at radius 3 is 1.85 bits per heavy atom. The molecule has 2 aromatic carbocycles. The summed E-state index contributed by atoms with van der Waals surface area (Å²) >= 11 is 0. The molecule has 140 valence electrons. The minimum Gasteiger partial charge on any atom is -0.452 e. The SMILES string of the molecule is CNC(=O)c1ccc(NC(=O)COC(=O)c2ccc(NC(C)=O)cc2)cc1. The molecule has 0 aliphatic heterocycles. The van der Waals surface area contributed by atoms with Crippen molar-refractivity contribution in [2.24, 2.45) is 0 Å². The van der Waals surface area contributed by atoms with Crippen LogP contribution in [0.1, 0.15) is 27.6 Å². The van der Waals surface area contributed by atoms with Crippen LogP contribution in [-0.2, 0) is 14.3 Å². The number of ether oxygens (including phenoxy) is 1. The molecule has 0 aliphatic rings. The molecule has 0 saturated carbocycles. The number of anilines is 2. The first kappa shape index (κ1) is 19.6. The fourth-order valence-electron chi connectivity index (χ4n) is 2.15. The third-order valence-corrected chi connectivity index (χ3v) is 3.43. The van der Waals surface area contributed by atoms with Crippen molar-refractivity contribution in [3.63, 3.8) is 0 Å². The fourth-order valence-corrected chi connectivity index (χ4v) is 2.15. The van der Waals surface area contributed by atoms with E-state index in [2.05, 4.69) is 16.0 Å². The van der Waals surface area contributed by atoms with Crippen molar-refractivity contribution >= 4 is 35.1 Å². The molecule has 0 fully saturated rings. The number of carbonyl (C=O) groups is 4. The largest absolute Gasteiger partial charge is 0.452 e. The predicted octanol–water partition coefficient (Wildman–Crippen LogP) is 1.80. The minimum absolute atomic E-state index is 0.217. The maximum absolute atomic E-state index is 12.0. The van der Waals surface area contributed by atoms with Gasteiger partial charge < -0.3 is 20.7 Å². The zero-order chi connectivity index (χ0) is 19.8.